The minimum atomic E-state index is -0.815. The molecule has 0 aliphatic rings. The summed E-state index contributed by atoms with van der Waals surface area (Å²) in [5.74, 6) is 0.457. The van der Waals surface area contributed by atoms with Gasteiger partial charge in [0.15, 0.2) is 5.75 Å². The Kier molecular flexibility index (Phi) is 1.85. The summed E-state index contributed by atoms with van der Waals surface area (Å²) in [7, 11) is 1.88. The minimum absolute atomic E-state index is 0.457. The Labute approximate surface area is 96.0 Å². The van der Waals surface area contributed by atoms with Crippen molar-refractivity contribution in [2.45, 2.75) is 0 Å². The number of H-pyrrole nitrogens is 1. The second-order valence-electron chi connectivity index (χ2n) is 3.82. The van der Waals surface area contributed by atoms with Crippen molar-refractivity contribution in [2.24, 2.45) is 12.8 Å². The van der Waals surface area contributed by atoms with E-state index in [-0.39, 0.29) is 0 Å². The van der Waals surface area contributed by atoms with Crippen molar-refractivity contribution in [1.29, 1.82) is 0 Å². The number of nitrogens with zero attached hydrogens (tertiary/aromatic N) is 2. The Hall–Kier alpha value is -2.50. The summed E-state index contributed by atoms with van der Waals surface area (Å²) in [6, 6.07) is 3.76. The maximum atomic E-state index is 10.8. The Morgan fingerprint density at radius 3 is 3.06 bits per heavy atom. The summed E-state index contributed by atoms with van der Waals surface area (Å²) >= 11 is 0. The quantitative estimate of drug-likeness (QED) is 0.664. The number of aromatic amines is 1. The van der Waals surface area contributed by atoms with Gasteiger partial charge < -0.3 is 15.0 Å². The maximum absolute atomic E-state index is 10.8. The lowest BCUT2D eigenvalue weighted by molar-refractivity contribution is 0.211. The lowest BCUT2D eigenvalue weighted by Gasteiger charge is -1.98. The number of aromatic nitrogens is 3. The van der Waals surface area contributed by atoms with Gasteiger partial charge >= 0.3 is 6.09 Å². The number of amides is 1. The number of primary amides is 1. The molecule has 3 N–H and O–H groups in total. The molecule has 86 valence electrons. The average Bonchev–Trinajstić information content (AvgIpc) is 2.82. The zero-order chi connectivity index (χ0) is 12.0. The molecule has 0 atom stereocenters. The fraction of sp³-hybridized carbons (Fsp3) is 0.0909. The maximum Gasteiger partial charge on any atom is 0.410 e. The van der Waals surface area contributed by atoms with Gasteiger partial charge in [-0.15, -0.1) is 0 Å². The predicted molar refractivity (Wildman–Crippen MR) is 62.8 cm³/mol. The number of nitrogens with one attached hydrogen (secondary N) is 1. The van der Waals surface area contributed by atoms with Gasteiger partial charge in [0.25, 0.3) is 0 Å². The number of carbonyl (C=O) groups is 1. The first-order chi connectivity index (χ1) is 8.16. The average molecular weight is 230 g/mol. The molecular formula is C11H10N4O2. The molecule has 3 rings (SSSR count). The Bertz CT molecular complexity index is 726. The van der Waals surface area contributed by atoms with Crippen LogP contribution in [0.5, 0.6) is 5.75 Å². The standard InChI is InChI=1S/C11H10N4O2/c1-15-5-9(17-11(12)16)6-2-3-8-7(10(6)15)4-13-14-8/h2-5H,1H3,(H2,12,16)(H,13,14). The van der Waals surface area contributed by atoms with Crippen molar-refractivity contribution in [3.8, 4) is 5.75 Å². The smallest absolute Gasteiger partial charge is 0.408 e. The molecule has 0 saturated heterocycles. The second-order valence-corrected chi connectivity index (χ2v) is 3.82. The van der Waals surface area contributed by atoms with Crippen LogP contribution in [0, 0.1) is 0 Å². The molecule has 6 nitrogen and oxygen atoms in total. The monoisotopic (exact) mass is 230 g/mol. The second kappa shape index (κ2) is 3.24. The highest BCUT2D eigenvalue weighted by Gasteiger charge is 2.13. The van der Waals surface area contributed by atoms with Gasteiger partial charge in [-0.25, -0.2) is 4.79 Å². The molecule has 1 amide bonds. The third-order valence-electron chi connectivity index (χ3n) is 2.74. The first-order valence-electron chi connectivity index (χ1n) is 5.05. The Balaban J connectivity index is 2.37. The van der Waals surface area contributed by atoms with Gasteiger partial charge in [0, 0.05) is 24.0 Å². The van der Waals surface area contributed by atoms with Crippen LogP contribution < -0.4 is 10.5 Å². The molecule has 17 heavy (non-hydrogen) atoms. The highest BCUT2D eigenvalue weighted by Crippen LogP contribution is 2.32. The van der Waals surface area contributed by atoms with Crippen molar-refractivity contribution >= 4 is 27.9 Å². The molecule has 0 unspecified atom stereocenters. The van der Waals surface area contributed by atoms with E-state index in [1.807, 2.05) is 23.7 Å². The van der Waals surface area contributed by atoms with Crippen molar-refractivity contribution in [3.05, 3.63) is 24.5 Å². The van der Waals surface area contributed by atoms with E-state index in [9.17, 15) is 4.79 Å². The van der Waals surface area contributed by atoms with Crippen LogP contribution in [0.4, 0.5) is 4.79 Å². The van der Waals surface area contributed by atoms with Gasteiger partial charge in [-0.2, -0.15) is 5.10 Å². The van der Waals surface area contributed by atoms with Crippen LogP contribution in [0.25, 0.3) is 21.8 Å². The van der Waals surface area contributed by atoms with E-state index < -0.39 is 6.09 Å². The van der Waals surface area contributed by atoms with Gasteiger partial charge in [0.2, 0.25) is 0 Å². The summed E-state index contributed by atoms with van der Waals surface area (Å²) < 4.78 is 6.84. The molecular weight excluding hydrogens is 220 g/mol. The van der Waals surface area contributed by atoms with Crippen molar-refractivity contribution in [2.75, 3.05) is 0 Å². The lowest BCUT2D eigenvalue weighted by Crippen LogP contribution is -2.15. The highest BCUT2D eigenvalue weighted by atomic mass is 16.5. The molecule has 2 aromatic heterocycles. The van der Waals surface area contributed by atoms with E-state index in [0.717, 1.165) is 21.8 Å². The molecule has 0 fully saturated rings. The third-order valence-corrected chi connectivity index (χ3v) is 2.74. The van der Waals surface area contributed by atoms with E-state index in [1.54, 1.807) is 12.4 Å². The number of hydrogen-bond acceptors (Lipinski definition) is 3. The Morgan fingerprint density at radius 2 is 2.29 bits per heavy atom. The van der Waals surface area contributed by atoms with Gasteiger partial charge in [0.1, 0.15) is 0 Å². The highest BCUT2D eigenvalue weighted by molar-refractivity contribution is 6.07. The van der Waals surface area contributed by atoms with Crippen molar-refractivity contribution < 1.29 is 9.53 Å². The van der Waals surface area contributed by atoms with Crippen LogP contribution in [0.1, 0.15) is 0 Å². The molecule has 0 saturated carbocycles. The van der Waals surface area contributed by atoms with E-state index in [0.29, 0.717) is 5.75 Å². The number of fused-ring (bicyclic) bond motifs is 3. The summed E-state index contributed by atoms with van der Waals surface area (Å²) in [6.45, 7) is 0. The number of ether oxygens (including phenoxy) is 1. The first kappa shape index (κ1) is 9.71. The van der Waals surface area contributed by atoms with Crippen LogP contribution in [0.3, 0.4) is 0 Å². The zero-order valence-corrected chi connectivity index (χ0v) is 9.10. The number of benzene rings is 1. The molecule has 2 heterocycles. The number of nitrogens with two attached hydrogens (primary N) is 1. The van der Waals surface area contributed by atoms with E-state index in [1.165, 1.54) is 0 Å². The van der Waals surface area contributed by atoms with Gasteiger partial charge in [-0.3, -0.25) is 5.10 Å². The molecule has 6 heteroatoms. The summed E-state index contributed by atoms with van der Waals surface area (Å²) in [5.41, 5.74) is 6.91. The molecule has 0 aliphatic heterocycles. The number of hydrogen-bond donors (Lipinski definition) is 2. The number of aryl methyl sites for hydroxylation is 1. The number of rotatable bonds is 1. The molecule has 0 radical (unpaired) electrons. The van der Waals surface area contributed by atoms with Crippen LogP contribution >= 0.6 is 0 Å². The normalized spacial score (nSPS) is 11.1. The Morgan fingerprint density at radius 1 is 1.47 bits per heavy atom. The van der Waals surface area contributed by atoms with Crippen LogP contribution in [-0.4, -0.2) is 20.9 Å². The first-order valence-corrected chi connectivity index (χ1v) is 5.05. The molecule has 3 aromatic rings. The van der Waals surface area contributed by atoms with Crippen LogP contribution in [0.15, 0.2) is 24.5 Å². The van der Waals surface area contributed by atoms with Gasteiger partial charge in [-0.05, 0) is 12.1 Å². The van der Waals surface area contributed by atoms with Crippen LogP contribution in [-0.2, 0) is 7.05 Å². The molecule has 0 aliphatic carbocycles. The molecule has 0 spiro atoms. The predicted octanol–water partition coefficient (Wildman–Crippen LogP) is 1.51. The van der Waals surface area contributed by atoms with E-state index >= 15 is 0 Å². The third kappa shape index (κ3) is 1.34. The molecule has 0 bridgehead atoms. The summed E-state index contributed by atoms with van der Waals surface area (Å²) in [6.07, 6.45) is 2.65. The van der Waals surface area contributed by atoms with E-state index in [4.69, 9.17) is 10.5 Å². The zero-order valence-electron chi connectivity index (χ0n) is 9.10. The van der Waals surface area contributed by atoms with Gasteiger partial charge in [0.05, 0.1) is 17.2 Å². The van der Waals surface area contributed by atoms with Gasteiger partial charge in [-0.1, -0.05) is 0 Å². The van der Waals surface area contributed by atoms with Crippen molar-refractivity contribution in [1.82, 2.24) is 14.8 Å². The fourth-order valence-electron chi connectivity index (χ4n) is 2.08. The van der Waals surface area contributed by atoms with E-state index in [2.05, 4.69) is 10.2 Å². The van der Waals surface area contributed by atoms with Crippen LogP contribution in [0.2, 0.25) is 0 Å². The fourth-order valence-corrected chi connectivity index (χ4v) is 2.08. The minimum Gasteiger partial charge on any atom is -0.408 e. The van der Waals surface area contributed by atoms with Crippen molar-refractivity contribution in [3.63, 3.8) is 0 Å². The lowest BCUT2D eigenvalue weighted by atomic mass is 10.2. The number of carbonyl (C=O) groups excluding carboxylic acids is 1. The summed E-state index contributed by atoms with van der Waals surface area (Å²) in [5, 5.41) is 8.69. The molecule has 1 aromatic carbocycles. The topological polar surface area (TPSA) is 85.9 Å². The largest absolute Gasteiger partial charge is 0.410 e. The SMILES string of the molecule is Cn1cc(OC(N)=O)c2ccc3[nH]ncc3c21. The summed E-state index contributed by atoms with van der Waals surface area (Å²) in [4.78, 5) is 10.8.